The van der Waals surface area contributed by atoms with Gasteiger partial charge in [-0.1, -0.05) is 293 Å². The van der Waals surface area contributed by atoms with E-state index in [1.54, 1.807) is 31.9 Å². The van der Waals surface area contributed by atoms with Gasteiger partial charge in [-0.25, -0.2) is 0 Å². The maximum absolute atomic E-state index is 10.4. The summed E-state index contributed by atoms with van der Waals surface area (Å²) in [6.45, 7) is -25.2. The Morgan fingerprint density at radius 2 is 1.11 bits per heavy atom. The first kappa shape index (κ1) is 35.9. The van der Waals surface area contributed by atoms with Crippen LogP contribution in [0.4, 0.5) is 0 Å². The molecule has 7 heteroatoms. The molecule has 3 heterocycles. The van der Waals surface area contributed by atoms with E-state index in [-0.39, 0.29) is 51.6 Å². The summed E-state index contributed by atoms with van der Waals surface area (Å²) >= 11 is 0. The molecule has 2 aliphatic rings. The van der Waals surface area contributed by atoms with Crippen molar-refractivity contribution in [2.75, 3.05) is 0 Å². The minimum atomic E-state index is -4.83. The number of imidazole rings is 1. The minimum Gasteiger partial charge on any atom is -0.541 e. The fraction of sp³-hybridized carbons (Fsp3) is 0.261. The van der Waals surface area contributed by atoms with Crippen molar-refractivity contribution < 1.29 is 87.0 Å². The van der Waals surface area contributed by atoms with Crippen molar-refractivity contribution >= 4 is 61.7 Å². The molecular weight excluding hydrogens is 1400 g/mol. The van der Waals surface area contributed by atoms with Gasteiger partial charge in [0.25, 0.3) is 0 Å². The fourth-order valence-electron chi connectivity index (χ4n) is 13.9. The molecule has 498 valence electrons. The van der Waals surface area contributed by atoms with E-state index in [2.05, 4.69) is 87.2 Å². The summed E-state index contributed by atoms with van der Waals surface area (Å²) in [4.78, 5) is 0. The summed E-state index contributed by atoms with van der Waals surface area (Å²) in [5.74, 6) is 1.32. The van der Waals surface area contributed by atoms with Crippen LogP contribution in [0, 0.1) is 26.4 Å². The second-order valence-corrected chi connectivity index (χ2v) is 30.0. The number of unbranched alkanes of at least 4 members (excludes halogenated alkanes) is 1. The summed E-state index contributed by atoms with van der Waals surface area (Å²) in [5, 5.41) is 5.51. The fourth-order valence-corrected chi connectivity index (χ4v) is 18.7. The first-order chi connectivity index (χ1) is 62.6. The van der Waals surface area contributed by atoms with Gasteiger partial charge in [-0.3, -0.25) is 0 Å². The summed E-state index contributed by atoms with van der Waals surface area (Å²) in [5.41, 5.74) is -26.2. The van der Waals surface area contributed by atoms with Crippen LogP contribution in [-0.2, 0) is 61.1 Å². The van der Waals surface area contributed by atoms with Gasteiger partial charge in [-0.05, 0) is 174 Å². The molecule has 0 N–H and O–H groups in total. The van der Waals surface area contributed by atoms with Gasteiger partial charge in [-0.15, -0.1) is 17.7 Å². The number of nitrogens with zero attached hydrogens (tertiary/aromatic N) is 4. The van der Waals surface area contributed by atoms with Crippen LogP contribution >= 0.6 is 0 Å². The van der Waals surface area contributed by atoms with E-state index in [0.29, 0.717) is 28.0 Å². The Morgan fingerprint density at radius 1 is 0.576 bits per heavy atom. The predicted molar refractivity (Wildman–Crippen MR) is 411 cm³/mol. The standard InChI is InChI=1S/C92H92N4OSi.Pt/c1-63-85(48-45-77-76-37-23-24-40-82(76)96(87(63)77)86-58-66(88(2,3)4)49-55-93(86)13)97-68-59-67(60-72(61-68)98(69-30-17-14-18-31-69,70-32-19-15-20-33-70)71-34-21-16-22-35-71)95-62-94(83-41-25-26-42-84(83)95)54-28-27-36-75-73(64-43-46-78-80(56-64)91(9,10)52-50-89(78,5)6)38-29-39-74(75)65-44-47-79-81(57-65)92(11,12)53-51-90(79,7)8;/h14-26,29-35,37-49,55-58,60-61H,1,13,27-28,36,50-54H2,2-12H3;/q-2;+4/i5D3,6D3,7D3,8D3,9D3,10D3,11D3,12D3,43D,44D,46D,47D,50D2,51D2,52D2,53D2,56D,57D;. The third-order valence-electron chi connectivity index (χ3n) is 18.8. The van der Waals surface area contributed by atoms with Crippen LogP contribution in [0.3, 0.4) is 0 Å². The quantitative estimate of drug-likeness (QED) is 0.0330. The van der Waals surface area contributed by atoms with E-state index < -0.39 is 203 Å². The van der Waals surface area contributed by atoms with E-state index in [9.17, 15) is 19.2 Å². The summed E-state index contributed by atoms with van der Waals surface area (Å²) in [6.07, 6.45) is -14.8. The maximum Gasteiger partial charge on any atom is 4.00 e. The van der Waals surface area contributed by atoms with Crippen molar-refractivity contribution in [2.45, 2.75) is 154 Å². The normalized spacial score (nSPS) is 24.0. The monoisotopic (exact) mass is 1530 g/mol. The molecule has 5 nitrogen and oxygen atoms in total. The number of aromatic nitrogens is 4. The topological polar surface area (TPSA) is 26.8 Å². The number of pyridine rings is 1. The molecule has 0 radical (unpaired) electrons. The average molecular weight is 1530 g/mol. The predicted octanol–water partition coefficient (Wildman–Crippen LogP) is 19.2. The van der Waals surface area contributed by atoms with Gasteiger partial charge in [0, 0.05) is 60.5 Å². The van der Waals surface area contributed by atoms with Crippen LogP contribution in [0.15, 0.2) is 237 Å². The average Bonchev–Trinajstić information content (AvgIpc) is 1.63. The third-order valence-corrected chi connectivity index (χ3v) is 23.5. The van der Waals surface area contributed by atoms with Crippen LogP contribution in [0.5, 0.6) is 11.5 Å². The Kier molecular flexibility index (Phi) is 9.31. The largest absolute Gasteiger partial charge is 4.00 e. The number of fused-ring (bicyclic) bond motifs is 6. The Hall–Kier alpha value is -8.93. The van der Waals surface area contributed by atoms with Crippen molar-refractivity contribution in [3.63, 3.8) is 0 Å². The summed E-state index contributed by atoms with van der Waals surface area (Å²) < 4.78 is 369. The Bertz CT molecular complexity index is 6600. The molecule has 0 bridgehead atoms. The molecule has 0 aliphatic heterocycles. The number of hydrogen-bond donors (Lipinski definition) is 0. The molecule has 0 fully saturated rings. The number of rotatable bonds is 15. The van der Waals surface area contributed by atoms with Crippen molar-refractivity contribution in [1.82, 2.24) is 9.13 Å². The molecule has 15 rings (SSSR count). The van der Waals surface area contributed by atoms with Gasteiger partial charge in [-0.2, -0.15) is 18.2 Å². The van der Waals surface area contributed by atoms with E-state index in [1.807, 2.05) is 121 Å². The van der Waals surface area contributed by atoms with E-state index in [1.165, 1.54) is 0 Å². The zero-order chi connectivity index (χ0) is 100. The molecule has 13 aromatic rings. The van der Waals surface area contributed by atoms with Gasteiger partial charge < -0.3 is 23.0 Å². The smallest absolute Gasteiger partial charge is 0.541 e. The van der Waals surface area contributed by atoms with Gasteiger partial charge in [0.15, 0.2) is 13.9 Å². The molecule has 0 amide bonds. The van der Waals surface area contributed by atoms with E-state index in [0.717, 1.165) is 72.1 Å². The first-order valence-electron chi connectivity index (χ1n) is 51.2. The molecular formula is C92H92N4OPtSi+2. The van der Waals surface area contributed by atoms with E-state index in [4.69, 9.17) is 44.6 Å². The van der Waals surface area contributed by atoms with Gasteiger partial charge in [0.05, 0.1) is 25.8 Å². The van der Waals surface area contributed by atoms with Crippen LogP contribution in [-0.4, -0.2) is 17.2 Å². The second kappa shape index (κ2) is 25.7. The molecule has 0 spiro atoms. The maximum atomic E-state index is 10.4. The van der Waals surface area contributed by atoms with Gasteiger partial charge >= 0.3 is 21.1 Å². The number of hydrogen-bond acceptors (Lipinski definition) is 1. The van der Waals surface area contributed by atoms with Crippen LogP contribution < -0.4 is 34.6 Å². The second-order valence-electron chi connectivity index (χ2n) is 26.2. The molecule has 3 aromatic heterocycles. The molecule has 10 aromatic carbocycles. The first-order valence-corrected chi connectivity index (χ1v) is 34.2. The molecule has 2 aliphatic carbocycles. The number of ether oxygens (including phenoxy) is 1. The molecule has 0 saturated heterocycles. The number of aryl methyl sites for hydroxylation is 1. The molecule has 0 unspecified atom stereocenters. The van der Waals surface area contributed by atoms with Crippen molar-refractivity contribution in [1.29, 1.82) is 0 Å². The zero-order valence-electron chi connectivity index (χ0n) is 92.3. The van der Waals surface area contributed by atoms with E-state index >= 15 is 0 Å². The minimum absolute atomic E-state index is 0. The number of para-hydroxylation sites is 3. The Labute approximate surface area is 656 Å². The molecule has 0 saturated carbocycles. The van der Waals surface area contributed by atoms with Crippen LogP contribution in [0.1, 0.15) is 205 Å². The van der Waals surface area contributed by atoms with Gasteiger partial charge in [0.1, 0.15) is 5.52 Å². The Balaban J connectivity index is 0.0000150. The van der Waals surface area contributed by atoms with Crippen LogP contribution in [0.25, 0.3) is 66.6 Å². The number of benzene rings is 10. The van der Waals surface area contributed by atoms with Crippen molar-refractivity contribution in [3.8, 4) is 45.3 Å². The molecule has 0 atom stereocenters. The summed E-state index contributed by atoms with van der Waals surface area (Å²) in [7, 11) is 0.849. The van der Waals surface area contributed by atoms with Crippen molar-refractivity contribution in [2.24, 2.45) is 0 Å². The summed E-state index contributed by atoms with van der Waals surface area (Å²) in [6, 6.07) is 53.6. The van der Waals surface area contributed by atoms with Crippen LogP contribution in [0.2, 0.25) is 0 Å². The molecule has 99 heavy (non-hydrogen) atoms. The van der Waals surface area contributed by atoms with Crippen molar-refractivity contribution in [3.05, 3.63) is 302 Å². The zero-order valence-corrected chi connectivity index (χ0v) is 57.6. The Morgan fingerprint density at radius 3 is 1.68 bits per heavy atom. The van der Waals surface area contributed by atoms with Gasteiger partial charge in [0.2, 0.25) is 6.33 Å². The third kappa shape index (κ3) is 11.9. The SMILES string of the molecule is [2H]c1c([2H])c2c(c([2H])c1-c1cccc(-c3c([2H])c([2H])c4c(c3[2H])C(C([2H])([2H])[2H])(C([2H])([2H])[2H])C([2H])([2H])C([2H])([2H])C4(C([2H])([2H])[2H])C([2H])([2H])[2H])c1CCCC[n+]1[c-]n(-c3[c-]c(Oc4ccc5c6ccccc6n(-c6cc(C(C)(C)C)cc[n+]6[CH2-])c5c4[CH2-])cc([Si](c4ccccc4)(c4ccccc4)c4ccccc4)c3)c3ccccc31)C(C([2H])([2H])[2H])(C([2H])([2H])[2H])C([2H])([2H])C([2H])([2H])C2(C([2H])([2H])[2H])C([2H])([2H])[2H].[Pt+4].